The first kappa shape index (κ1) is 21.8. The number of fused-ring (bicyclic) bond motifs is 1. The van der Waals surface area contributed by atoms with Crippen LogP contribution in [0.2, 0.25) is 0 Å². The van der Waals surface area contributed by atoms with E-state index in [2.05, 4.69) is 20.2 Å². The number of carbonyl (C=O) groups excluding carboxylic acids is 1. The highest BCUT2D eigenvalue weighted by atomic mass is 16.5. The Morgan fingerprint density at radius 1 is 1.28 bits per heavy atom. The van der Waals surface area contributed by atoms with Gasteiger partial charge in [0.1, 0.15) is 29.8 Å². The van der Waals surface area contributed by atoms with Crippen LogP contribution in [0.1, 0.15) is 43.1 Å². The van der Waals surface area contributed by atoms with Crippen molar-refractivity contribution in [3.63, 3.8) is 0 Å². The summed E-state index contributed by atoms with van der Waals surface area (Å²) >= 11 is 0. The van der Waals surface area contributed by atoms with E-state index in [1.165, 1.54) is 12.3 Å². The van der Waals surface area contributed by atoms with E-state index in [0.29, 0.717) is 17.2 Å². The molecule has 1 amide bonds. The van der Waals surface area contributed by atoms with E-state index in [-0.39, 0.29) is 48.6 Å². The fourth-order valence-electron chi connectivity index (χ4n) is 4.27. The summed E-state index contributed by atoms with van der Waals surface area (Å²) in [7, 11) is 1.72. The van der Waals surface area contributed by atoms with Gasteiger partial charge in [-0.25, -0.2) is 14.8 Å². The lowest BCUT2D eigenvalue weighted by atomic mass is 10.1. The molecule has 2 aromatic heterocycles. The molecule has 4 rings (SSSR count). The molecule has 170 valence electrons. The normalized spacial score (nSPS) is 18.6. The number of nitrogens with zero attached hydrogens (tertiary/aromatic N) is 5. The van der Waals surface area contributed by atoms with Crippen LogP contribution in [0.3, 0.4) is 0 Å². The van der Waals surface area contributed by atoms with Gasteiger partial charge in [-0.1, -0.05) is 12.8 Å². The third kappa shape index (κ3) is 4.03. The summed E-state index contributed by atoms with van der Waals surface area (Å²) in [6.45, 7) is 1.65. The number of rotatable bonds is 7. The Morgan fingerprint density at radius 3 is 2.72 bits per heavy atom. The van der Waals surface area contributed by atoms with E-state index in [4.69, 9.17) is 14.8 Å². The van der Waals surface area contributed by atoms with Crippen molar-refractivity contribution in [2.45, 2.75) is 44.7 Å². The number of aromatic carboxylic acids is 1. The number of carbonyl (C=O) groups is 2. The highest BCUT2D eigenvalue weighted by Gasteiger charge is 2.39. The summed E-state index contributed by atoms with van der Waals surface area (Å²) in [5.41, 5.74) is 0.821. The van der Waals surface area contributed by atoms with E-state index in [1.54, 1.807) is 18.1 Å². The lowest BCUT2D eigenvalue weighted by Crippen LogP contribution is -2.54. The lowest BCUT2D eigenvalue weighted by molar-refractivity contribution is -0.119. The van der Waals surface area contributed by atoms with Crippen molar-refractivity contribution in [2.24, 2.45) is 0 Å². The van der Waals surface area contributed by atoms with Gasteiger partial charge in [0.15, 0.2) is 11.5 Å². The number of aliphatic hydroxyl groups excluding tert-OH is 1. The highest BCUT2D eigenvalue weighted by molar-refractivity contribution is 6.04. The molecule has 3 N–H and O–H groups in total. The van der Waals surface area contributed by atoms with Crippen molar-refractivity contribution < 1.29 is 24.5 Å². The van der Waals surface area contributed by atoms with Gasteiger partial charge in [0.25, 0.3) is 0 Å². The molecule has 3 heterocycles. The number of nitrogens with one attached hydrogen (secondary N) is 1. The molecule has 1 aliphatic carbocycles. The van der Waals surface area contributed by atoms with E-state index < -0.39 is 5.97 Å². The number of carboxylic acid groups (broad SMARTS) is 1. The first-order valence-corrected chi connectivity index (χ1v) is 10.6. The minimum Gasteiger partial charge on any atom is -0.489 e. The van der Waals surface area contributed by atoms with Crippen molar-refractivity contribution in [3.8, 4) is 5.75 Å². The predicted molar refractivity (Wildman–Crippen MR) is 117 cm³/mol. The number of likely N-dealkylation sites (N-methyl/N-ethyl adjacent to an activating group) is 1. The fourth-order valence-corrected chi connectivity index (χ4v) is 4.27. The number of pyridine rings is 1. The minimum absolute atomic E-state index is 0.00172. The summed E-state index contributed by atoms with van der Waals surface area (Å²) in [6.07, 6.45) is 7.18. The van der Waals surface area contributed by atoms with Gasteiger partial charge in [-0.3, -0.25) is 4.79 Å². The Morgan fingerprint density at radius 2 is 2.03 bits per heavy atom. The van der Waals surface area contributed by atoms with Gasteiger partial charge in [0, 0.05) is 19.2 Å². The van der Waals surface area contributed by atoms with Gasteiger partial charge in [0.2, 0.25) is 11.9 Å². The van der Waals surface area contributed by atoms with Crippen LogP contribution in [0.4, 0.5) is 23.1 Å². The summed E-state index contributed by atoms with van der Waals surface area (Å²) in [5, 5.41) is 21.3. The molecule has 1 fully saturated rings. The Labute approximate surface area is 185 Å². The molecule has 11 heteroatoms. The summed E-state index contributed by atoms with van der Waals surface area (Å²) in [6, 6.07) is 1.18. The number of anilines is 4. The summed E-state index contributed by atoms with van der Waals surface area (Å²) in [5.74, 6) is -0.0374. The molecule has 0 aromatic carbocycles. The number of ether oxygens (including phenoxy) is 1. The number of hydrogen-bond acceptors (Lipinski definition) is 9. The average molecular weight is 442 g/mol. The van der Waals surface area contributed by atoms with Crippen LogP contribution in [0, 0.1) is 0 Å². The Hall–Kier alpha value is -3.47. The minimum atomic E-state index is -1.19. The molecule has 1 aliphatic heterocycles. The zero-order valence-electron chi connectivity index (χ0n) is 18.0. The van der Waals surface area contributed by atoms with Crippen LogP contribution >= 0.6 is 0 Å². The third-order valence-corrected chi connectivity index (χ3v) is 5.86. The van der Waals surface area contributed by atoms with E-state index in [9.17, 15) is 14.7 Å². The first-order valence-electron chi connectivity index (χ1n) is 10.6. The lowest BCUT2D eigenvalue weighted by Gasteiger charge is -2.42. The molecule has 2 aromatic rings. The number of aliphatic hydroxyl groups is 1. The van der Waals surface area contributed by atoms with Crippen LogP contribution in [0.25, 0.3) is 0 Å². The van der Waals surface area contributed by atoms with E-state index in [1.807, 2.05) is 6.92 Å². The second-order valence-corrected chi connectivity index (χ2v) is 7.89. The van der Waals surface area contributed by atoms with Gasteiger partial charge in [-0.15, -0.1) is 0 Å². The SMILES string of the molecule is C[C@@H]1C(=O)N(C)c2cnc(Nc3cnc(C(=O)O)cc3OCCO)nc2N1C1CCCC1. The van der Waals surface area contributed by atoms with Crippen LogP contribution in [0.15, 0.2) is 18.5 Å². The topological polar surface area (TPSA) is 141 Å². The number of carboxylic acids is 1. The molecule has 0 saturated heterocycles. The smallest absolute Gasteiger partial charge is 0.354 e. The van der Waals surface area contributed by atoms with Gasteiger partial charge in [-0.2, -0.15) is 4.98 Å². The van der Waals surface area contributed by atoms with Crippen LogP contribution in [0.5, 0.6) is 5.75 Å². The fraction of sp³-hybridized carbons (Fsp3) is 0.476. The van der Waals surface area contributed by atoms with Crippen molar-refractivity contribution in [2.75, 3.05) is 35.4 Å². The second kappa shape index (κ2) is 8.95. The Bertz CT molecular complexity index is 1030. The molecular weight excluding hydrogens is 416 g/mol. The van der Waals surface area contributed by atoms with Gasteiger partial charge in [0.05, 0.1) is 19.0 Å². The monoisotopic (exact) mass is 442 g/mol. The predicted octanol–water partition coefficient (Wildman–Crippen LogP) is 1.80. The van der Waals surface area contributed by atoms with Gasteiger partial charge >= 0.3 is 5.97 Å². The van der Waals surface area contributed by atoms with Crippen LogP contribution in [-0.2, 0) is 4.79 Å². The standard InChI is InChI=1S/C21H26N6O5/c1-12-19(29)26(2)16-11-23-21(25-18(16)27(12)13-5-3-4-6-13)24-15-10-22-14(20(30)31)9-17(15)32-8-7-28/h9-13,28H,3-8H2,1-2H3,(H,30,31)(H,23,24,25)/t12-/m1/s1. The highest BCUT2D eigenvalue weighted by Crippen LogP contribution is 2.39. The molecule has 1 saturated carbocycles. The Kier molecular flexibility index (Phi) is 6.08. The largest absolute Gasteiger partial charge is 0.489 e. The molecule has 0 bridgehead atoms. The molecule has 0 radical (unpaired) electrons. The quantitative estimate of drug-likeness (QED) is 0.581. The van der Waals surface area contributed by atoms with Crippen molar-refractivity contribution in [1.82, 2.24) is 15.0 Å². The van der Waals surface area contributed by atoms with E-state index in [0.717, 1.165) is 25.7 Å². The molecule has 1 atom stereocenters. The first-order chi connectivity index (χ1) is 15.4. The molecular formula is C21H26N6O5. The molecule has 2 aliphatic rings. The zero-order chi connectivity index (χ0) is 22.8. The summed E-state index contributed by atoms with van der Waals surface area (Å²) < 4.78 is 5.48. The number of amides is 1. The second-order valence-electron chi connectivity index (χ2n) is 7.89. The van der Waals surface area contributed by atoms with Crippen LogP contribution < -0.4 is 19.9 Å². The molecule has 32 heavy (non-hydrogen) atoms. The van der Waals surface area contributed by atoms with Gasteiger partial charge in [-0.05, 0) is 19.8 Å². The molecule has 0 spiro atoms. The zero-order valence-corrected chi connectivity index (χ0v) is 18.0. The number of hydrogen-bond donors (Lipinski definition) is 3. The van der Waals surface area contributed by atoms with Crippen LogP contribution in [-0.4, -0.2) is 69.4 Å². The maximum absolute atomic E-state index is 12.8. The Balaban J connectivity index is 1.69. The maximum Gasteiger partial charge on any atom is 0.354 e. The maximum atomic E-state index is 12.8. The van der Waals surface area contributed by atoms with Gasteiger partial charge < -0.3 is 30.1 Å². The third-order valence-electron chi connectivity index (χ3n) is 5.86. The van der Waals surface area contributed by atoms with Crippen molar-refractivity contribution in [1.29, 1.82) is 0 Å². The number of aromatic nitrogens is 3. The van der Waals surface area contributed by atoms with Crippen molar-refractivity contribution >= 4 is 35.0 Å². The average Bonchev–Trinajstić information content (AvgIpc) is 3.31. The molecule has 11 nitrogen and oxygen atoms in total. The van der Waals surface area contributed by atoms with Crippen molar-refractivity contribution in [3.05, 3.63) is 24.2 Å². The molecule has 0 unspecified atom stereocenters. The summed E-state index contributed by atoms with van der Waals surface area (Å²) in [4.78, 5) is 40.7. The van der Waals surface area contributed by atoms with E-state index >= 15 is 0 Å².